The Morgan fingerprint density at radius 2 is 1.70 bits per heavy atom. The van der Waals surface area contributed by atoms with Crippen molar-refractivity contribution in [1.29, 1.82) is 0 Å². The summed E-state index contributed by atoms with van der Waals surface area (Å²) in [5, 5.41) is 15.1. The minimum Gasteiger partial charge on any atom is -0.479 e. The third kappa shape index (κ3) is 10.7. The number of nitrogens with two attached hydrogens (primary N) is 1. The first-order valence-corrected chi connectivity index (χ1v) is 12.1. The Labute approximate surface area is 219 Å². The van der Waals surface area contributed by atoms with E-state index in [-0.39, 0.29) is 18.7 Å². The predicted octanol–water partition coefficient (Wildman–Crippen LogP) is 6.65. The Hall–Kier alpha value is -3.34. The fourth-order valence-corrected chi connectivity index (χ4v) is 3.05. The summed E-state index contributed by atoms with van der Waals surface area (Å²) in [7, 11) is 0. The molecule has 1 saturated carbocycles. The highest BCUT2D eigenvalue weighted by Crippen LogP contribution is 2.32. The number of hydrogen-bond donors (Lipinski definition) is 3. The molecule has 1 aromatic carbocycles. The van der Waals surface area contributed by atoms with Crippen LogP contribution in [0.5, 0.6) is 0 Å². The average molecular weight is 544 g/mol. The second kappa shape index (κ2) is 14.4. The van der Waals surface area contributed by atoms with Gasteiger partial charge in [0, 0.05) is 19.0 Å². The lowest BCUT2D eigenvalue weighted by Crippen LogP contribution is -2.24. The number of benzene rings is 1. The van der Waals surface area contributed by atoms with E-state index in [0.29, 0.717) is 40.6 Å². The van der Waals surface area contributed by atoms with Gasteiger partial charge in [0.2, 0.25) is 11.6 Å². The number of aromatic nitrogens is 3. The first kappa shape index (κ1) is 31.7. The van der Waals surface area contributed by atoms with Crippen LogP contribution in [0.15, 0.2) is 42.7 Å². The van der Waals surface area contributed by atoms with Crippen LogP contribution in [0.3, 0.4) is 0 Å². The number of carboxylic acids is 1. The molecule has 0 spiro atoms. The van der Waals surface area contributed by atoms with Crippen molar-refractivity contribution in [3.8, 4) is 0 Å². The van der Waals surface area contributed by atoms with Crippen LogP contribution in [0.2, 0.25) is 5.02 Å². The molecule has 0 bridgehead atoms. The molecule has 12 heteroatoms. The van der Waals surface area contributed by atoms with Crippen LogP contribution >= 0.6 is 11.6 Å². The van der Waals surface area contributed by atoms with Crippen molar-refractivity contribution in [1.82, 2.24) is 14.6 Å². The zero-order valence-corrected chi connectivity index (χ0v) is 22.0. The summed E-state index contributed by atoms with van der Waals surface area (Å²) >= 11 is 6.00. The zero-order chi connectivity index (χ0) is 28.2. The van der Waals surface area contributed by atoms with Gasteiger partial charge in [0.05, 0.1) is 16.9 Å². The number of para-hydroxylation sites is 1. The number of carbonyl (C=O) groups excluding carboxylic acids is 1. The van der Waals surface area contributed by atoms with E-state index in [1.807, 2.05) is 13.8 Å². The number of rotatable bonds is 3. The lowest BCUT2D eigenvalue weighted by molar-refractivity contribution is -0.148. The molecule has 1 aliphatic carbocycles. The molecule has 0 radical (unpaired) electrons. The van der Waals surface area contributed by atoms with Crippen LogP contribution in [0.1, 0.15) is 70.2 Å². The quantitative estimate of drug-likeness (QED) is 0.340. The molecule has 0 saturated heterocycles. The van der Waals surface area contributed by atoms with Crippen molar-refractivity contribution in [2.75, 3.05) is 11.1 Å². The van der Waals surface area contributed by atoms with Crippen LogP contribution in [-0.2, 0) is 4.79 Å². The number of halogens is 4. The number of nitrogen functional groups attached to an aromatic ring is 1. The number of carboxylic acid groups (broad SMARTS) is 1. The van der Waals surface area contributed by atoms with Gasteiger partial charge in [-0.1, -0.05) is 44.0 Å². The van der Waals surface area contributed by atoms with Crippen LogP contribution < -0.4 is 11.1 Å². The fraction of sp³-hybridized carbons (Fsp3) is 0.440. The maximum atomic E-state index is 12.2. The number of anilines is 2. The van der Waals surface area contributed by atoms with Crippen LogP contribution in [0.4, 0.5) is 24.7 Å². The summed E-state index contributed by atoms with van der Waals surface area (Å²) in [4.78, 5) is 26.0. The second-order valence-electron chi connectivity index (χ2n) is 8.31. The Morgan fingerprint density at radius 3 is 2.19 bits per heavy atom. The third-order valence-electron chi connectivity index (χ3n) is 4.85. The number of aliphatic carboxylic acids is 1. The molecule has 0 unspecified atom stereocenters. The standard InChI is InChI=1S/C13H10ClN5O.C6H10F2.C4H7FO2.C2H6/c14-9-3-1-2-4-10(9)17-13(20)8-7-16-19-6-5-11(15)18-12(8)19;7-6(8)4-2-1-3-5-6;1-4(2,5)3(6)7;1-2/h1-7H,(H2,15,18)(H,17,20);1-5H2;1-2H3,(H,6,7);1-2H3. The smallest absolute Gasteiger partial charge is 0.340 e. The van der Waals surface area contributed by atoms with E-state index in [1.54, 1.807) is 36.5 Å². The molecule has 204 valence electrons. The average Bonchev–Trinajstić information content (AvgIpc) is 3.25. The van der Waals surface area contributed by atoms with Gasteiger partial charge in [-0.05, 0) is 44.9 Å². The van der Waals surface area contributed by atoms with Gasteiger partial charge < -0.3 is 16.2 Å². The van der Waals surface area contributed by atoms with E-state index >= 15 is 0 Å². The second-order valence-corrected chi connectivity index (χ2v) is 8.71. The summed E-state index contributed by atoms with van der Waals surface area (Å²) in [6, 6.07) is 8.59. The molecule has 1 fully saturated rings. The van der Waals surface area contributed by atoms with Crippen LogP contribution in [0, 0.1) is 0 Å². The SMILES string of the molecule is CC.CC(C)(F)C(=O)O.FC1(F)CCCCC1.Nc1ccn2ncc(C(=O)Nc3ccccc3Cl)c2n1. The Balaban J connectivity index is 0.000000333. The van der Waals surface area contributed by atoms with Gasteiger partial charge in [-0.25, -0.2) is 27.5 Å². The summed E-state index contributed by atoms with van der Waals surface area (Å²) < 4.78 is 37.8. The largest absolute Gasteiger partial charge is 0.479 e. The Morgan fingerprint density at radius 1 is 1.14 bits per heavy atom. The molecule has 0 atom stereocenters. The molecule has 2 aromatic heterocycles. The van der Waals surface area contributed by atoms with E-state index in [9.17, 15) is 22.8 Å². The summed E-state index contributed by atoms with van der Waals surface area (Å²) in [5.74, 6) is -3.76. The van der Waals surface area contributed by atoms with Crippen molar-refractivity contribution in [3.63, 3.8) is 0 Å². The Bertz CT molecular complexity index is 1160. The molecule has 37 heavy (non-hydrogen) atoms. The van der Waals surface area contributed by atoms with Crippen LogP contribution in [0.25, 0.3) is 5.65 Å². The maximum absolute atomic E-state index is 12.2. The third-order valence-corrected chi connectivity index (χ3v) is 5.18. The highest BCUT2D eigenvalue weighted by Gasteiger charge is 2.30. The molecular formula is C25H33ClF3N5O3. The maximum Gasteiger partial charge on any atom is 0.340 e. The van der Waals surface area contributed by atoms with Gasteiger partial charge in [0.1, 0.15) is 11.4 Å². The molecule has 1 amide bonds. The first-order valence-electron chi connectivity index (χ1n) is 11.8. The number of nitrogens with zero attached hydrogens (tertiary/aromatic N) is 3. The lowest BCUT2D eigenvalue weighted by atomic mass is 9.97. The fourth-order valence-electron chi connectivity index (χ4n) is 2.86. The highest BCUT2D eigenvalue weighted by atomic mass is 35.5. The summed E-state index contributed by atoms with van der Waals surface area (Å²) in [5.41, 5.74) is 4.80. The van der Waals surface area contributed by atoms with Gasteiger partial charge in [-0.2, -0.15) is 5.10 Å². The van der Waals surface area contributed by atoms with Crippen molar-refractivity contribution in [2.24, 2.45) is 0 Å². The molecule has 8 nitrogen and oxygen atoms in total. The molecule has 1 aliphatic rings. The van der Waals surface area contributed by atoms with Crippen LogP contribution in [-0.4, -0.2) is 43.2 Å². The first-order chi connectivity index (χ1) is 17.3. The van der Waals surface area contributed by atoms with E-state index in [0.717, 1.165) is 20.3 Å². The van der Waals surface area contributed by atoms with Gasteiger partial charge >= 0.3 is 5.97 Å². The number of carbonyl (C=O) groups is 2. The summed E-state index contributed by atoms with van der Waals surface area (Å²) in [6.07, 6.45) is 5.74. The van der Waals surface area contributed by atoms with Gasteiger partial charge in [0.25, 0.3) is 5.91 Å². The van der Waals surface area contributed by atoms with Gasteiger partial charge in [0.15, 0.2) is 5.65 Å². The van der Waals surface area contributed by atoms with Crippen molar-refractivity contribution < 1.29 is 27.9 Å². The molecule has 0 aliphatic heterocycles. The monoisotopic (exact) mass is 543 g/mol. The van der Waals surface area contributed by atoms with E-state index in [4.69, 9.17) is 22.4 Å². The number of hydrogen-bond acceptors (Lipinski definition) is 5. The predicted molar refractivity (Wildman–Crippen MR) is 139 cm³/mol. The van der Waals surface area contributed by atoms with E-state index in [1.165, 1.54) is 10.7 Å². The normalized spacial score (nSPS) is 14.1. The molecule has 4 N–H and O–H groups in total. The number of nitrogens with one attached hydrogen (secondary N) is 1. The highest BCUT2D eigenvalue weighted by molar-refractivity contribution is 6.34. The minimum absolute atomic E-state index is 0.118. The molecule has 2 heterocycles. The zero-order valence-electron chi connectivity index (χ0n) is 21.3. The van der Waals surface area contributed by atoms with Crippen molar-refractivity contribution in [2.45, 2.75) is 71.4 Å². The van der Waals surface area contributed by atoms with Crippen molar-refractivity contribution >= 4 is 40.6 Å². The Kier molecular flexibility index (Phi) is 12.3. The van der Waals surface area contributed by atoms with Gasteiger partial charge in [-0.15, -0.1) is 0 Å². The van der Waals surface area contributed by atoms with Gasteiger partial charge in [-0.3, -0.25) is 4.79 Å². The number of amides is 1. The van der Waals surface area contributed by atoms with E-state index < -0.39 is 17.6 Å². The minimum atomic E-state index is -2.32. The van der Waals surface area contributed by atoms with Crippen molar-refractivity contribution in [3.05, 3.63) is 53.3 Å². The lowest BCUT2D eigenvalue weighted by Gasteiger charge is -2.20. The van der Waals surface area contributed by atoms with E-state index in [2.05, 4.69) is 15.4 Å². The number of fused-ring (bicyclic) bond motifs is 1. The molecule has 4 rings (SSSR count). The number of alkyl halides is 3. The molecular weight excluding hydrogens is 511 g/mol. The summed E-state index contributed by atoms with van der Waals surface area (Å²) in [6.45, 7) is 5.99. The topological polar surface area (TPSA) is 123 Å². The molecule has 3 aromatic rings.